The number of hydrogen-bond donors (Lipinski definition) is 0. The highest BCUT2D eigenvalue weighted by Gasteiger charge is 2.38. The van der Waals surface area contributed by atoms with Crippen molar-refractivity contribution in [2.75, 3.05) is 11.5 Å². The first-order valence-electron chi connectivity index (χ1n) is 19.6. The maximum absolute atomic E-state index is 6.42. The van der Waals surface area contributed by atoms with E-state index in [4.69, 9.17) is 14.7 Å². The third-order valence-electron chi connectivity index (χ3n) is 11.7. The molecule has 8 aromatic rings. The van der Waals surface area contributed by atoms with Crippen LogP contribution >= 0.6 is 0 Å². The SMILES string of the molecule is CC(C)(C)c1ccnc(-n2c3ccccc3c3cc4c(cc32)N(c2cc(C3=N[C@H](c5ccccc5)CO3)cc(-c3ccccc3)c2)c2ccccc2C4(C)C)c1. The van der Waals surface area contributed by atoms with Crippen molar-refractivity contribution in [3.8, 4) is 16.9 Å². The number of ether oxygens (including phenoxy) is 1. The molecular formula is C51H44N4O. The van der Waals surface area contributed by atoms with Gasteiger partial charge in [-0.05, 0) is 93.4 Å². The van der Waals surface area contributed by atoms with E-state index in [1.807, 2.05) is 12.3 Å². The summed E-state index contributed by atoms with van der Waals surface area (Å²) in [6, 6.07) is 54.6. The van der Waals surface area contributed by atoms with E-state index in [1.54, 1.807) is 0 Å². The molecule has 2 aliphatic rings. The predicted octanol–water partition coefficient (Wildman–Crippen LogP) is 12.8. The fourth-order valence-electron chi connectivity index (χ4n) is 8.73. The third-order valence-corrected chi connectivity index (χ3v) is 11.7. The number of anilines is 3. The molecule has 10 rings (SSSR count). The van der Waals surface area contributed by atoms with Crippen LogP contribution in [0.25, 0.3) is 38.8 Å². The largest absolute Gasteiger partial charge is 0.475 e. The molecule has 0 radical (unpaired) electrons. The molecule has 1 atom stereocenters. The van der Waals surface area contributed by atoms with E-state index in [0.29, 0.717) is 12.5 Å². The van der Waals surface area contributed by atoms with Gasteiger partial charge in [0.25, 0.3) is 0 Å². The monoisotopic (exact) mass is 728 g/mol. The van der Waals surface area contributed by atoms with Gasteiger partial charge in [-0.3, -0.25) is 4.57 Å². The summed E-state index contributed by atoms with van der Waals surface area (Å²) < 4.78 is 8.77. The highest BCUT2D eigenvalue weighted by Crippen LogP contribution is 2.54. The molecule has 0 saturated carbocycles. The zero-order valence-electron chi connectivity index (χ0n) is 32.5. The zero-order valence-corrected chi connectivity index (χ0v) is 32.5. The smallest absolute Gasteiger partial charge is 0.216 e. The lowest BCUT2D eigenvalue weighted by molar-refractivity contribution is 0.320. The Labute approximate surface area is 328 Å². The molecular weight excluding hydrogens is 685 g/mol. The van der Waals surface area contributed by atoms with Crippen LogP contribution in [0.5, 0.6) is 0 Å². The lowest BCUT2D eigenvalue weighted by Gasteiger charge is -2.42. The van der Waals surface area contributed by atoms with Crippen molar-refractivity contribution in [3.05, 3.63) is 186 Å². The summed E-state index contributed by atoms with van der Waals surface area (Å²) in [5.74, 6) is 1.59. The topological polar surface area (TPSA) is 42.7 Å². The number of aliphatic imine (C=N–C) groups is 1. The zero-order chi connectivity index (χ0) is 38.2. The number of aromatic nitrogens is 2. The number of rotatable bonds is 5. The van der Waals surface area contributed by atoms with Crippen molar-refractivity contribution in [1.82, 2.24) is 9.55 Å². The number of fused-ring (bicyclic) bond motifs is 5. The average molecular weight is 729 g/mol. The molecule has 2 aromatic heterocycles. The molecule has 2 aliphatic heterocycles. The summed E-state index contributed by atoms with van der Waals surface area (Å²) >= 11 is 0. The Morgan fingerprint density at radius 3 is 2.14 bits per heavy atom. The second kappa shape index (κ2) is 12.8. The van der Waals surface area contributed by atoms with Gasteiger partial charge < -0.3 is 9.64 Å². The van der Waals surface area contributed by atoms with Crippen molar-refractivity contribution in [2.45, 2.75) is 51.5 Å². The van der Waals surface area contributed by atoms with E-state index in [0.717, 1.165) is 56.2 Å². The molecule has 274 valence electrons. The normalized spacial score (nSPS) is 16.1. The van der Waals surface area contributed by atoms with Gasteiger partial charge in [0, 0.05) is 33.6 Å². The van der Waals surface area contributed by atoms with Crippen LogP contribution in [0.4, 0.5) is 17.1 Å². The van der Waals surface area contributed by atoms with E-state index in [1.165, 1.54) is 27.5 Å². The van der Waals surface area contributed by atoms with Crippen molar-refractivity contribution >= 4 is 44.8 Å². The number of para-hydroxylation sites is 2. The fraction of sp³-hybridized carbons (Fsp3) is 0.176. The number of nitrogens with zero attached hydrogens (tertiary/aromatic N) is 4. The second-order valence-corrected chi connectivity index (χ2v) is 16.7. The first kappa shape index (κ1) is 34.1. The number of hydrogen-bond acceptors (Lipinski definition) is 4. The van der Waals surface area contributed by atoms with E-state index in [9.17, 15) is 0 Å². The summed E-state index contributed by atoms with van der Waals surface area (Å²) in [7, 11) is 0. The molecule has 0 spiro atoms. The molecule has 6 aromatic carbocycles. The Morgan fingerprint density at radius 1 is 0.625 bits per heavy atom. The molecule has 0 unspecified atom stereocenters. The molecule has 0 saturated heterocycles. The molecule has 0 fully saturated rings. The molecule has 5 heteroatoms. The average Bonchev–Trinajstić information content (AvgIpc) is 3.85. The van der Waals surface area contributed by atoms with Crippen LogP contribution in [-0.2, 0) is 15.6 Å². The van der Waals surface area contributed by atoms with Gasteiger partial charge in [0.2, 0.25) is 5.90 Å². The first-order chi connectivity index (χ1) is 27.1. The van der Waals surface area contributed by atoms with E-state index >= 15 is 0 Å². The van der Waals surface area contributed by atoms with Gasteiger partial charge in [0.05, 0.1) is 22.4 Å². The summed E-state index contributed by atoms with van der Waals surface area (Å²) in [4.78, 5) is 12.6. The van der Waals surface area contributed by atoms with E-state index in [-0.39, 0.29) is 16.9 Å². The van der Waals surface area contributed by atoms with Crippen LogP contribution in [0.15, 0.2) is 163 Å². The Hall–Kier alpha value is -6.46. The highest BCUT2D eigenvalue weighted by atomic mass is 16.5. The fourth-order valence-corrected chi connectivity index (χ4v) is 8.73. The van der Waals surface area contributed by atoms with Crippen LogP contribution in [0.2, 0.25) is 0 Å². The van der Waals surface area contributed by atoms with Gasteiger partial charge in [0.1, 0.15) is 18.5 Å². The molecule has 0 aliphatic carbocycles. The van der Waals surface area contributed by atoms with E-state index < -0.39 is 0 Å². The van der Waals surface area contributed by atoms with Gasteiger partial charge in [0.15, 0.2) is 0 Å². The van der Waals surface area contributed by atoms with Crippen LogP contribution < -0.4 is 4.90 Å². The third kappa shape index (κ3) is 5.52. The highest BCUT2D eigenvalue weighted by molar-refractivity contribution is 6.11. The van der Waals surface area contributed by atoms with Crippen molar-refractivity contribution in [1.29, 1.82) is 0 Å². The Bertz CT molecular complexity index is 2830. The van der Waals surface area contributed by atoms with E-state index in [2.05, 4.69) is 190 Å². The van der Waals surface area contributed by atoms with Crippen LogP contribution in [0, 0.1) is 0 Å². The maximum atomic E-state index is 6.42. The standard InChI is InChI=1S/C51H44N4O/c1-50(2,3)37-24-25-52-48(29-37)55-44-22-14-12-20-39(44)40-30-42-47(31-46(40)55)54(45-23-15-13-21-41(45)51(42,4)5)38-27-35(33-16-8-6-9-17-33)26-36(28-38)49-53-43(32-56-49)34-18-10-7-11-19-34/h6-31,43H,32H2,1-5H3/t43-/m0/s1. The molecule has 0 N–H and O–H groups in total. The summed E-state index contributed by atoms with van der Waals surface area (Å²) in [6.45, 7) is 12.0. The summed E-state index contributed by atoms with van der Waals surface area (Å²) in [6.07, 6.45) is 1.95. The molecule has 4 heterocycles. The first-order valence-corrected chi connectivity index (χ1v) is 19.6. The maximum Gasteiger partial charge on any atom is 0.216 e. The molecule has 5 nitrogen and oxygen atoms in total. The van der Waals surface area contributed by atoms with Crippen LogP contribution in [0.1, 0.15) is 68.5 Å². The predicted molar refractivity (Wildman–Crippen MR) is 231 cm³/mol. The minimum absolute atomic E-state index is 0.0178. The lowest BCUT2D eigenvalue weighted by Crippen LogP contribution is -2.30. The molecule has 56 heavy (non-hydrogen) atoms. The number of pyridine rings is 1. The van der Waals surface area contributed by atoms with Crippen molar-refractivity contribution < 1.29 is 4.74 Å². The van der Waals surface area contributed by atoms with Gasteiger partial charge >= 0.3 is 0 Å². The van der Waals surface area contributed by atoms with Crippen LogP contribution in [-0.4, -0.2) is 22.1 Å². The van der Waals surface area contributed by atoms with Gasteiger partial charge in [-0.1, -0.05) is 132 Å². The summed E-state index contributed by atoms with van der Waals surface area (Å²) in [5.41, 5.74) is 13.5. The number of benzene rings is 6. The Kier molecular flexibility index (Phi) is 7.79. The minimum atomic E-state index is -0.272. The quantitative estimate of drug-likeness (QED) is 0.177. The Morgan fingerprint density at radius 2 is 1.34 bits per heavy atom. The van der Waals surface area contributed by atoms with Crippen molar-refractivity contribution in [2.24, 2.45) is 4.99 Å². The summed E-state index contributed by atoms with van der Waals surface area (Å²) in [5, 5.41) is 2.43. The Balaban J connectivity index is 1.24. The van der Waals surface area contributed by atoms with Gasteiger partial charge in [-0.2, -0.15) is 0 Å². The molecule has 0 bridgehead atoms. The van der Waals surface area contributed by atoms with Gasteiger partial charge in [-0.15, -0.1) is 0 Å². The lowest BCUT2D eigenvalue weighted by atomic mass is 9.73. The minimum Gasteiger partial charge on any atom is -0.475 e. The van der Waals surface area contributed by atoms with Crippen molar-refractivity contribution in [3.63, 3.8) is 0 Å². The van der Waals surface area contributed by atoms with Gasteiger partial charge in [-0.25, -0.2) is 9.98 Å². The van der Waals surface area contributed by atoms with Crippen LogP contribution in [0.3, 0.4) is 0 Å². The second-order valence-electron chi connectivity index (χ2n) is 16.7. The molecule has 0 amide bonds.